The van der Waals surface area contributed by atoms with Gasteiger partial charge in [0.1, 0.15) is 0 Å². The summed E-state index contributed by atoms with van der Waals surface area (Å²) in [7, 11) is 1.85. The van der Waals surface area contributed by atoms with E-state index in [1.807, 2.05) is 7.05 Å². The van der Waals surface area contributed by atoms with Crippen molar-refractivity contribution in [1.82, 2.24) is 15.5 Å². The van der Waals surface area contributed by atoms with Gasteiger partial charge in [0.05, 0.1) is 0 Å². The molecule has 1 heterocycles. The minimum Gasteiger partial charge on any atom is -0.326 e. The molecule has 0 aliphatic rings. The maximum atomic E-state index is 11.7. The number of hydrogen-bond acceptors (Lipinski definition) is 5. The number of carbonyl (C=O) groups is 1. The fourth-order valence-corrected chi connectivity index (χ4v) is 1.75. The second-order valence-corrected chi connectivity index (χ2v) is 4.28. The molecule has 3 N–H and O–H groups in total. The molecule has 1 aromatic carbocycles. The summed E-state index contributed by atoms with van der Waals surface area (Å²) in [4.78, 5) is 25.1. The smallest absolute Gasteiger partial charge is 0.326 e. The number of benzene rings is 1. The molecule has 21 heavy (non-hydrogen) atoms. The van der Waals surface area contributed by atoms with Crippen LogP contribution in [0.25, 0.3) is 11.4 Å². The summed E-state index contributed by atoms with van der Waals surface area (Å²) in [5, 5.41) is 9.39. The molecule has 0 radical (unpaired) electrons. The summed E-state index contributed by atoms with van der Waals surface area (Å²) in [6.45, 7) is 0.799. The average Bonchev–Trinajstić information content (AvgIpc) is 2.86. The number of halogens is 1. The highest BCUT2D eigenvalue weighted by atomic mass is 35.5. The van der Waals surface area contributed by atoms with Crippen LogP contribution in [0.3, 0.4) is 0 Å². The molecule has 114 valence electrons. The summed E-state index contributed by atoms with van der Waals surface area (Å²) < 4.78 is 4.45. The van der Waals surface area contributed by atoms with Crippen LogP contribution in [0.4, 0.5) is 5.69 Å². The Labute approximate surface area is 127 Å². The highest BCUT2D eigenvalue weighted by Gasteiger charge is 2.06. The standard InChI is InChI=1S/C13H16N4O3.ClH/c1-14-7-3-6-11(18)15-10-5-2-4-9(8-10)12-16-13(19)20-17-12;/h2,4-5,8,14H,3,6-7H2,1H3,(H,15,18)(H,16,17,19);1H. The van der Waals surface area contributed by atoms with Gasteiger partial charge in [-0.1, -0.05) is 17.3 Å². The lowest BCUT2D eigenvalue weighted by molar-refractivity contribution is -0.116. The third-order valence-electron chi connectivity index (χ3n) is 2.69. The zero-order chi connectivity index (χ0) is 14.4. The first-order valence-electron chi connectivity index (χ1n) is 6.30. The zero-order valence-electron chi connectivity index (χ0n) is 11.5. The second kappa shape index (κ2) is 8.23. The number of hydrogen-bond donors (Lipinski definition) is 3. The molecule has 0 saturated carbocycles. The van der Waals surface area contributed by atoms with E-state index in [4.69, 9.17) is 0 Å². The Bertz CT molecular complexity index is 638. The van der Waals surface area contributed by atoms with E-state index in [-0.39, 0.29) is 18.3 Å². The van der Waals surface area contributed by atoms with E-state index in [0.29, 0.717) is 23.5 Å². The molecule has 2 rings (SSSR count). The fourth-order valence-electron chi connectivity index (χ4n) is 1.75. The lowest BCUT2D eigenvalue weighted by Crippen LogP contribution is -2.15. The SMILES string of the molecule is CNCCCC(=O)Nc1cccc(-c2noc(=O)[nH]2)c1.Cl. The molecule has 0 aliphatic carbocycles. The Hall–Kier alpha value is -2.12. The van der Waals surface area contributed by atoms with Crippen LogP contribution in [0.1, 0.15) is 12.8 Å². The van der Waals surface area contributed by atoms with Gasteiger partial charge in [0.15, 0.2) is 5.82 Å². The number of carbonyl (C=O) groups excluding carboxylic acids is 1. The topological polar surface area (TPSA) is 100 Å². The monoisotopic (exact) mass is 312 g/mol. The normalized spacial score (nSPS) is 9.95. The van der Waals surface area contributed by atoms with Crippen LogP contribution in [0.2, 0.25) is 0 Å². The van der Waals surface area contributed by atoms with E-state index in [1.165, 1.54) is 0 Å². The number of aromatic nitrogens is 2. The van der Waals surface area contributed by atoms with Crippen LogP contribution in [-0.4, -0.2) is 29.6 Å². The van der Waals surface area contributed by atoms with Gasteiger partial charge in [-0.05, 0) is 32.1 Å². The van der Waals surface area contributed by atoms with E-state index < -0.39 is 5.76 Å². The Morgan fingerprint density at radius 1 is 1.43 bits per heavy atom. The average molecular weight is 313 g/mol. The number of H-pyrrole nitrogens is 1. The van der Waals surface area contributed by atoms with Crippen molar-refractivity contribution in [2.45, 2.75) is 12.8 Å². The molecular weight excluding hydrogens is 296 g/mol. The first kappa shape index (κ1) is 16.9. The van der Waals surface area contributed by atoms with Crippen LogP contribution in [0.5, 0.6) is 0 Å². The Morgan fingerprint density at radius 2 is 2.24 bits per heavy atom. The third-order valence-corrected chi connectivity index (χ3v) is 2.69. The molecule has 0 spiro atoms. The summed E-state index contributed by atoms with van der Waals surface area (Å²) in [6.07, 6.45) is 1.23. The number of aromatic amines is 1. The summed E-state index contributed by atoms with van der Waals surface area (Å²) in [5.74, 6) is -0.325. The number of anilines is 1. The van der Waals surface area contributed by atoms with Crippen LogP contribution < -0.4 is 16.4 Å². The van der Waals surface area contributed by atoms with Gasteiger partial charge in [0.2, 0.25) is 5.91 Å². The summed E-state index contributed by atoms with van der Waals surface area (Å²) in [6, 6.07) is 7.04. The third kappa shape index (κ3) is 5.05. The van der Waals surface area contributed by atoms with Crippen molar-refractivity contribution >= 4 is 24.0 Å². The van der Waals surface area contributed by atoms with E-state index in [9.17, 15) is 9.59 Å². The summed E-state index contributed by atoms with van der Waals surface area (Å²) in [5.41, 5.74) is 1.32. The molecule has 0 fully saturated rings. The number of amides is 1. The molecule has 0 bridgehead atoms. The zero-order valence-corrected chi connectivity index (χ0v) is 12.3. The van der Waals surface area contributed by atoms with Gasteiger partial charge in [0.25, 0.3) is 0 Å². The van der Waals surface area contributed by atoms with Crippen LogP contribution in [0, 0.1) is 0 Å². The van der Waals surface area contributed by atoms with Crippen molar-refractivity contribution in [3.8, 4) is 11.4 Å². The van der Waals surface area contributed by atoms with Gasteiger partial charge in [-0.15, -0.1) is 12.4 Å². The van der Waals surface area contributed by atoms with E-state index in [1.54, 1.807) is 24.3 Å². The van der Waals surface area contributed by atoms with E-state index in [0.717, 1.165) is 13.0 Å². The van der Waals surface area contributed by atoms with Crippen molar-refractivity contribution in [3.05, 3.63) is 34.8 Å². The highest BCUT2D eigenvalue weighted by molar-refractivity contribution is 5.91. The molecule has 2 aromatic rings. The molecule has 8 heteroatoms. The Morgan fingerprint density at radius 3 is 2.90 bits per heavy atom. The lowest BCUT2D eigenvalue weighted by Gasteiger charge is -2.06. The van der Waals surface area contributed by atoms with Gasteiger partial charge in [-0.3, -0.25) is 14.3 Å². The Balaban J connectivity index is 0.00000220. The number of nitrogens with one attached hydrogen (secondary N) is 3. The van der Waals surface area contributed by atoms with Gasteiger partial charge in [-0.25, -0.2) is 4.79 Å². The first-order chi connectivity index (χ1) is 9.69. The molecular formula is C13H17ClN4O3. The predicted octanol–water partition coefficient (Wildman–Crippen LogP) is 1.39. The molecule has 0 saturated heterocycles. The number of nitrogens with zero attached hydrogens (tertiary/aromatic N) is 1. The van der Waals surface area contributed by atoms with E-state index in [2.05, 4.69) is 25.3 Å². The fraction of sp³-hybridized carbons (Fsp3) is 0.308. The lowest BCUT2D eigenvalue weighted by atomic mass is 10.2. The molecule has 1 amide bonds. The first-order valence-corrected chi connectivity index (χ1v) is 6.30. The van der Waals surface area contributed by atoms with Crippen molar-refractivity contribution in [1.29, 1.82) is 0 Å². The van der Waals surface area contributed by atoms with Crippen molar-refractivity contribution in [3.63, 3.8) is 0 Å². The van der Waals surface area contributed by atoms with Gasteiger partial charge >= 0.3 is 5.76 Å². The molecule has 0 aliphatic heterocycles. The quantitative estimate of drug-likeness (QED) is 0.700. The largest absolute Gasteiger partial charge is 0.439 e. The van der Waals surface area contributed by atoms with Gasteiger partial charge < -0.3 is 10.6 Å². The minimum absolute atomic E-state index is 0. The molecule has 0 atom stereocenters. The van der Waals surface area contributed by atoms with Crippen LogP contribution in [0.15, 0.2) is 33.6 Å². The van der Waals surface area contributed by atoms with Crippen LogP contribution in [-0.2, 0) is 4.79 Å². The maximum Gasteiger partial charge on any atom is 0.439 e. The highest BCUT2D eigenvalue weighted by Crippen LogP contribution is 2.18. The number of rotatable bonds is 6. The molecule has 1 aromatic heterocycles. The summed E-state index contributed by atoms with van der Waals surface area (Å²) >= 11 is 0. The minimum atomic E-state index is -0.610. The van der Waals surface area contributed by atoms with Crippen molar-refractivity contribution in [2.75, 3.05) is 18.9 Å². The van der Waals surface area contributed by atoms with E-state index >= 15 is 0 Å². The molecule has 7 nitrogen and oxygen atoms in total. The second-order valence-electron chi connectivity index (χ2n) is 4.28. The van der Waals surface area contributed by atoms with Crippen LogP contribution >= 0.6 is 12.4 Å². The van der Waals surface area contributed by atoms with Gasteiger partial charge in [0, 0.05) is 17.7 Å². The van der Waals surface area contributed by atoms with Crippen molar-refractivity contribution < 1.29 is 9.32 Å². The van der Waals surface area contributed by atoms with Gasteiger partial charge in [-0.2, -0.15) is 0 Å². The maximum absolute atomic E-state index is 11.7. The van der Waals surface area contributed by atoms with Crippen molar-refractivity contribution in [2.24, 2.45) is 0 Å². The predicted molar refractivity (Wildman–Crippen MR) is 81.6 cm³/mol. The molecule has 0 unspecified atom stereocenters. The Kier molecular flexibility index (Phi) is 6.64.